The van der Waals surface area contributed by atoms with Crippen molar-refractivity contribution in [3.05, 3.63) is 17.5 Å². The lowest BCUT2D eigenvalue weighted by atomic mass is 10.2. The summed E-state index contributed by atoms with van der Waals surface area (Å²) in [5, 5.41) is 7.12. The summed E-state index contributed by atoms with van der Waals surface area (Å²) >= 11 is 0. The van der Waals surface area contributed by atoms with Gasteiger partial charge in [-0.05, 0) is 12.8 Å². The second-order valence-electron chi connectivity index (χ2n) is 4.07. The number of ether oxygens (including phenoxy) is 1. The lowest BCUT2D eigenvalue weighted by Crippen LogP contribution is -2.20. The van der Waals surface area contributed by atoms with E-state index >= 15 is 0 Å². The molecule has 0 aliphatic rings. The summed E-state index contributed by atoms with van der Waals surface area (Å²) in [7, 11) is 0. The minimum Gasteiger partial charge on any atom is -0.380 e. The number of aryl methyl sites for hydroxylation is 1. The van der Waals surface area contributed by atoms with Crippen molar-refractivity contribution in [1.82, 2.24) is 10.5 Å². The third-order valence-electron chi connectivity index (χ3n) is 1.86. The van der Waals surface area contributed by atoms with Crippen molar-refractivity contribution in [3.8, 4) is 0 Å². The first-order valence-corrected chi connectivity index (χ1v) is 5.39. The number of nitrogens with one attached hydrogen (secondary N) is 1. The predicted octanol–water partition coefficient (Wildman–Crippen LogP) is 1.75. The Morgan fingerprint density at radius 3 is 2.93 bits per heavy atom. The fourth-order valence-electron chi connectivity index (χ4n) is 1.18. The molecule has 0 aromatic carbocycles. The fraction of sp³-hybridized carbons (Fsp3) is 0.727. The summed E-state index contributed by atoms with van der Waals surface area (Å²) < 4.78 is 10.4. The van der Waals surface area contributed by atoms with Crippen LogP contribution in [0.5, 0.6) is 0 Å². The van der Waals surface area contributed by atoms with Gasteiger partial charge >= 0.3 is 0 Å². The van der Waals surface area contributed by atoms with Crippen LogP contribution in [0.3, 0.4) is 0 Å². The first-order chi connectivity index (χ1) is 7.18. The molecule has 0 fully saturated rings. The molecule has 1 rings (SSSR count). The number of rotatable bonds is 7. The summed E-state index contributed by atoms with van der Waals surface area (Å²) in [5.41, 5.74) is 0.941. The monoisotopic (exact) mass is 212 g/mol. The molecule has 0 spiro atoms. The molecule has 15 heavy (non-hydrogen) atoms. The van der Waals surface area contributed by atoms with Crippen molar-refractivity contribution in [2.75, 3.05) is 19.8 Å². The van der Waals surface area contributed by atoms with Crippen LogP contribution in [0.15, 0.2) is 10.6 Å². The van der Waals surface area contributed by atoms with E-state index in [1.807, 2.05) is 13.0 Å². The first-order valence-electron chi connectivity index (χ1n) is 5.39. The molecule has 0 saturated heterocycles. The first kappa shape index (κ1) is 12.2. The maximum absolute atomic E-state index is 5.43. The van der Waals surface area contributed by atoms with Gasteiger partial charge in [0.1, 0.15) is 5.76 Å². The predicted molar refractivity (Wildman–Crippen MR) is 58.6 cm³/mol. The van der Waals surface area contributed by atoms with Crippen molar-refractivity contribution < 1.29 is 9.26 Å². The highest BCUT2D eigenvalue weighted by atomic mass is 16.5. The van der Waals surface area contributed by atoms with Crippen LogP contribution in [0.2, 0.25) is 0 Å². The Hall–Kier alpha value is -0.870. The summed E-state index contributed by atoms with van der Waals surface area (Å²) in [5.74, 6) is 1.45. The number of hydrogen-bond donors (Lipinski definition) is 1. The second-order valence-corrected chi connectivity index (χ2v) is 4.07. The third-order valence-corrected chi connectivity index (χ3v) is 1.86. The Labute approximate surface area is 91.0 Å². The molecule has 4 nitrogen and oxygen atoms in total. The second kappa shape index (κ2) is 6.58. The molecule has 0 aliphatic heterocycles. The summed E-state index contributed by atoms with van der Waals surface area (Å²) in [6.45, 7) is 9.33. The zero-order valence-corrected chi connectivity index (χ0v) is 9.75. The molecule has 86 valence electrons. The van der Waals surface area contributed by atoms with E-state index in [2.05, 4.69) is 24.3 Å². The highest BCUT2D eigenvalue weighted by molar-refractivity contribution is 5.02. The summed E-state index contributed by atoms with van der Waals surface area (Å²) in [6.07, 6.45) is 0. The van der Waals surface area contributed by atoms with Crippen LogP contribution >= 0.6 is 0 Å². The average Bonchev–Trinajstić information content (AvgIpc) is 2.57. The van der Waals surface area contributed by atoms with Crippen LogP contribution in [0.1, 0.15) is 25.3 Å². The van der Waals surface area contributed by atoms with Crippen LogP contribution in [0.25, 0.3) is 0 Å². The van der Waals surface area contributed by atoms with Gasteiger partial charge in [0.25, 0.3) is 0 Å². The van der Waals surface area contributed by atoms with Gasteiger partial charge in [-0.15, -0.1) is 0 Å². The minimum atomic E-state index is 0.600. The van der Waals surface area contributed by atoms with E-state index in [4.69, 9.17) is 9.26 Å². The minimum absolute atomic E-state index is 0.600. The zero-order chi connectivity index (χ0) is 11.1. The number of aromatic nitrogens is 1. The summed E-state index contributed by atoms with van der Waals surface area (Å²) in [6, 6.07) is 1.93. The van der Waals surface area contributed by atoms with E-state index < -0.39 is 0 Å². The molecule has 4 heteroatoms. The maximum Gasteiger partial charge on any atom is 0.133 e. The van der Waals surface area contributed by atoms with Crippen molar-refractivity contribution in [2.45, 2.75) is 27.3 Å². The van der Waals surface area contributed by atoms with Crippen LogP contribution in [0.4, 0.5) is 0 Å². The Morgan fingerprint density at radius 1 is 1.53 bits per heavy atom. The normalized spacial score (nSPS) is 11.2. The molecule has 0 amide bonds. The van der Waals surface area contributed by atoms with Gasteiger partial charge in [0.2, 0.25) is 0 Å². The zero-order valence-electron chi connectivity index (χ0n) is 9.75. The maximum atomic E-state index is 5.43. The largest absolute Gasteiger partial charge is 0.380 e. The molecular weight excluding hydrogens is 192 g/mol. The number of hydrogen-bond acceptors (Lipinski definition) is 4. The number of nitrogens with zero attached hydrogens (tertiary/aromatic N) is 1. The van der Waals surface area contributed by atoms with Gasteiger partial charge in [0.05, 0.1) is 12.3 Å². The molecule has 0 radical (unpaired) electrons. The van der Waals surface area contributed by atoms with E-state index in [1.54, 1.807) is 0 Å². The third kappa shape index (κ3) is 5.54. The molecule has 1 aromatic heterocycles. The van der Waals surface area contributed by atoms with E-state index in [-0.39, 0.29) is 0 Å². The van der Waals surface area contributed by atoms with Gasteiger partial charge in [0, 0.05) is 25.8 Å². The smallest absolute Gasteiger partial charge is 0.133 e. The van der Waals surface area contributed by atoms with Crippen molar-refractivity contribution >= 4 is 0 Å². The highest BCUT2D eigenvalue weighted by Crippen LogP contribution is 2.00. The molecule has 0 bridgehead atoms. The lowest BCUT2D eigenvalue weighted by Gasteiger charge is -2.06. The van der Waals surface area contributed by atoms with Crippen LogP contribution in [-0.4, -0.2) is 24.9 Å². The Morgan fingerprint density at radius 2 is 2.33 bits per heavy atom. The molecule has 1 N–H and O–H groups in total. The van der Waals surface area contributed by atoms with Gasteiger partial charge in [-0.2, -0.15) is 0 Å². The van der Waals surface area contributed by atoms with Crippen LogP contribution < -0.4 is 5.32 Å². The van der Waals surface area contributed by atoms with Gasteiger partial charge in [0.15, 0.2) is 0 Å². The molecular formula is C11H20N2O2. The highest BCUT2D eigenvalue weighted by Gasteiger charge is 1.99. The Kier molecular flexibility index (Phi) is 5.36. The molecule has 0 unspecified atom stereocenters. The SMILES string of the molecule is Cc1cc(CNCCOCC(C)C)no1. The van der Waals surface area contributed by atoms with E-state index in [1.165, 1.54) is 0 Å². The molecule has 1 heterocycles. The molecule has 0 atom stereocenters. The van der Waals surface area contributed by atoms with E-state index in [0.717, 1.165) is 37.8 Å². The molecule has 0 saturated carbocycles. The lowest BCUT2D eigenvalue weighted by molar-refractivity contribution is 0.111. The Bertz CT molecular complexity index is 271. The van der Waals surface area contributed by atoms with E-state index in [9.17, 15) is 0 Å². The standard InChI is InChI=1S/C11H20N2O2/c1-9(2)8-14-5-4-12-7-11-6-10(3)15-13-11/h6,9,12H,4-5,7-8H2,1-3H3. The van der Waals surface area contributed by atoms with Crippen LogP contribution in [-0.2, 0) is 11.3 Å². The summed E-state index contributed by atoms with van der Waals surface area (Å²) in [4.78, 5) is 0. The van der Waals surface area contributed by atoms with Crippen molar-refractivity contribution in [3.63, 3.8) is 0 Å². The van der Waals surface area contributed by atoms with Crippen molar-refractivity contribution in [2.24, 2.45) is 5.92 Å². The van der Waals surface area contributed by atoms with Crippen molar-refractivity contribution in [1.29, 1.82) is 0 Å². The Balaban J connectivity index is 1.98. The van der Waals surface area contributed by atoms with Gasteiger partial charge in [-0.1, -0.05) is 19.0 Å². The topological polar surface area (TPSA) is 47.3 Å². The fourth-order valence-corrected chi connectivity index (χ4v) is 1.18. The molecule has 0 aliphatic carbocycles. The van der Waals surface area contributed by atoms with Gasteiger partial charge in [-0.25, -0.2) is 0 Å². The van der Waals surface area contributed by atoms with E-state index in [0.29, 0.717) is 5.92 Å². The quantitative estimate of drug-likeness (QED) is 0.699. The van der Waals surface area contributed by atoms with Gasteiger partial charge < -0.3 is 14.6 Å². The molecule has 1 aromatic rings. The average molecular weight is 212 g/mol. The van der Waals surface area contributed by atoms with Gasteiger partial charge in [-0.3, -0.25) is 0 Å². The van der Waals surface area contributed by atoms with Crippen LogP contribution in [0, 0.1) is 12.8 Å².